The fourth-order valence-corrected chi connectivity index (χ4v) is 4.31. The van der Waals surface area contributed by atoms with Crippen molar-refractivity contribution in [3.8, 4) is 0 Å². The van der Waals surface area contributed by atoms with Crippen LogP contribution < -0.4 is 5.32 Å². The Labute approximate surface area is 126 Å². The molecule has 1 aromatic rings. The number of piperidine rings is 1. The van der Waals surface area contributed by atoms with Gasteiger partial charge in [0.05, 0.1) is 0 Å². The summed E-state index contributed by atoms with van der Waals surface area (Å²) in [5, 5.41) is 8.97. The molecule has 20 heavy (non-hydrogen) atoms. The predicted octanol–water partition coefficient (Wildman–Crippen LogP) is 3.37. The van der Waals surface area contributed by atoms with Crippen LogP contribution in [-0.4, -0.2) is 34.1 Å². The number of rotatable bonds is 5. The Bertz CT molecular complexity index is 420. The maximum atomic E-state index is 4.33. The van der Waals surface area contributed by atoms with E-state index in [0.717, 1.165) is 37.0 Å². The quantitative estimate of drug-likeness (QED) is 0.904. The lowest BCUT2D eigenvalue weighted by Crippen LogP contribution is -2.41. The van der Waals surface area contributed by atoms with Crippen molar-refractivity contribution in [2.24, 2.45) is 11.8 Å². The summed E-state index contributed by atoms with van der Waals surface area (Å²) in [5.41, 5.74) is 1.15. The van der Waals surface area contributed by atoms with Gasteiger partial charge < -0.3 is 5.32 Å². The molecule has 0 amide bonds. The van der Waals surface area contributed by atoms with Gasteiger partial charge in [0, 0.05) is 31.2 Å². The van der Waals surface area contributed by atoms with Crippen molar-refractivity contribution in [3.05, 3.63) is 5.69 Å². The highest BCUT2D eigenvalue weighted by Crippen LogP contribution is 2.36. The molecular weight excluding hydrogens is 268 g/mol. The van der Waals surface area contributed by atoms with E-state index in [4.69, 9.17) is 0 Å². The Morgan fingerprint density at radius 1 is 1.25 bits per heavy atom. The minimum atomic E-state index is 0.941. The van der Waals surface area contributed by atoms with E-state index in [0.29, 0.717) is 0 Å². The van der Waals surface area contributed by atoms with Crippen LogP contribution in [0.4, 0.5) is 5.00 Å². The number of nitrogens with zero attached hydrogens (tertiary/aromatic N) is 3. The molecule has 2 aliphatic rings. The number of likely N-dealkylation sites (tertiary alicyclic amines) is 1. The Kier molecular flexibility index (Phi) is 4.89. The van der Waals surface area contributed by atoms with Crippen LogP contribution in [0.25, 0.3) is 0 Å². The molecule has 1 aliphatic heterocycles. The van der Waals surface area contributed by atoms with Crippen molar-refractivity contribution in [3.63, 3.8) is 0 Å². The zero-order valence-corrected chi connectivity index (χ0v) is 13.3. The van der Waals surface area contributed by atoms with E-state index in [1.54, 1.807) is 0 Å². The summed E-state index contributed by atoms with van der Waals surface area (Å²) in [6.45, 7) is 6.70. The Morgan fingerprint density at radius 2 is 2.10 bits per heavy atom. The van der Waals surface area contributed by atoms with Crippen molar-refractivity contribution >= 4 is 16.5 Å². The average molecular weight is 294 g/mol. The molecule has 2 unspecified atom stereocenters. The van der Waals surface area contributed by atoms with Gasteiger partial charge in [-0.05, 0) is 37.6 Å². The fraction of sp³-hybridized carbons (Fsp3) is 0.867. The minimum absolute atomic E-state index is 0.941. The lowest BCUT2D eigenvalue weighted by Gasteiger charge is -2.41. The van der Waals surface area contributed by atoms with Gasteiger partial charge in [-0.15, -0.1) is 5.10 Å². The Hall–Kier alpha value is -0.680. The summed E-state index contributed by atoms with van der Waals surface area (Å²) >= 11 is 1.50. The van der Waals surface area contributed by atoms with Crippen LogP contribution in [-0.2, 0) is 6.54 Å². The van der Waals surface area contributed by atoms with Gasteiger partial charge in [-0.25, -0.2) is 0 Å². The molecule has 0 aromatic carbocycles. The lowest BCUT2D eigenvalue weighted by atomic mass is 9.75. The van der Waals surface area contributed by atoms with E-state index >= 15 is 0 Å². The highest BCUT2D eigenvalue weighted by Gasteiger charge is 2.31. The molecule has 0 bridgehead atoms. The summed E-state index contributed by atoms with van der Waals surface area (Å²) in [6, 6.07) is 0. The van der Waals surface area contributed by atoms with Gasteiger partial charge in [-0.1, -0.05) is 30.7 Å². The molecular formula is C15H26N4S. The molecule has 1 aromatic heterocycles. The molecule has 3 rings (SSSR count). The van der Waals surface area contributed by atoms with E-state index in [9.17, 15) is 0 Å². The standard InChI is InChI=1S/C15H26N4S/c1-2-8-16-15-14(17-18-20-15)11-19-9-7-12-5-3-4-6-13(12)10-19/h12-13,16H,2-11H2,1H3. The normalized spacial score (nSPS) is 27.2. The second-order valence-corrected chi connectivity index (χ2v) is 7.06. The maximum absolute atomic E-state index is 4.33. The van der Waals surface area contributed by atoms with Crippen LogP contribution in [0.5, 0.6) is 0 Å². The van der Waals surface area contributed by atoms with Crippen molar-refractivity contribution in [1.29, 1.82) is 0 Å². The van der Waals surface area contributed by atoms with Crippen LogP contribution in [0.15, 0.2) is 0 Å². The van der Waals surface area contributed by atoms with Crippen molar-refractivity contribution in [2.75, 3.05) is 25.0 Å². The summed E-state index contributed by atoms with van der Waals surface area (Å²) in [5.74, 6) is 1.95. The zero-order chi connectivity index (χ0) is 13.8. The number of aromatic nitrogens is 2. The molecule has 1 aliphatic carbocycles. The van der Waals surface area contributed by atoms with E-state index in [1.807, 2.05) is 0 Å². The highest BCUT2D eigenvalue weighted by molar-refractivity contribution is 7.10. The van der Waals surface area contributed by atoms with Crippen LogP contribution >= 0.6 is 11.5 Å². The molecule has 2 atom stereocenters. The molecule has 5 heteroatoms. The molecule has 0 radical (unpaired) electrons. The summed E-state index contributed by atoms with van der Waals surface area (Å²) in [7, 11) is 0. The van der Waals surface area contributed by atoms with E-state index in [2.05, 4.69) is 26.7 Å². The molecule has 112 valence electrons. The number of hydrogen-bond acceptors (Lipinski definition) is 5. The number of anilines is 1. The highest BCUT2D eigenvalue weighted by atomic mass is 32.1. The third-order valence-corrected chi connectivity index (χ3v) is 5.57. The van der Waals surface area contributed by atoms with Crippen LogP contribution in [0, 0.1) is 11.8 Å². The van der Waals surface area contributed by atoms with Gasteiger partial charge in [-0.3, -0.25) is 4.90 Å². The molecule has 4 nitrogen and oxygen atoms in total. The third kappa shape index (κ3) is 3.31. The first-order chi connectivity index (χ1) is 9.86. The van der Waals surface area contributed by atoms with Crippen LogP contribution in [0.1, 0.15) is 51.1 Å². The van der Waals surface area contributed by atoms with Crippen molar-refractivity contribution in [1.82, 2.24) is 14.5 Å². The molecule has 1 saturated heterocycles. The van der Waals surface area contributed by atoms with Crippen LogP contribution in [0.2, 0.25) is 0 Å². The van der Waals surface area contributed by atoms with Gasteiger partial charge in [0.25, 0.3) is 0 Å². The van der Waals surface area contributed by atoms with Crippen molar-refractivity contribution < 1.29 is 0 Å². The first-order valence-electron chi connectivity index (χ1n) is 8.14. The first kappa shape index (κ1) is 14.3. The monoisotopic (exact) mass is 294 g/mol. The molecule has 2 fully saturated rings. The first-order valence-corrected chi connectivity index (χ1v) is 8.91. The minimum Gasteiger partial charge on any atom is -0.374 e. The maximum Gasteiger partial charge on any atom is 0.134 e. The summed E-state index contributed by atoms with van der Waals surface area (Å²) < 4.78 is 4.12. The van der Waals surface area contributed by atoms with Gasteiger partial charge in [0.15, 0.2) is 0 Å². The zero-order valence-electron chi connectivity index (χ0n) is 12.5. The van der Waals surface area contributed by atoms with Gasteiger partial charge in [-0.2, -0.15) is 0 Å². The topological polar surface area (TPSA) is 41.1 Å². The number of hydrogen-bond donors (Lipinski definition) is 1. The Morgan fingerprint density at radius 3 is 2.95 bits per heavy atom. The second-order valence-electron chi connectivity index (χ2n) is 6.30. The van der Waals surface area contributed by atoms with Crippen molar-refractivity contribution in [2.45, 2.75) is 52.0 Å². The average Bonchev–Trinajstić information content (AvgIpc) is 2.92. The third-order valence-electron chi connectivity index (χ3n) is 4.84. The largest absolute Gasteiger partial charge is 0.374 e. The fourth-order valence-electron chi connectivity index (χ4n) is 3.72. The van der Waals surface area contributed by atoms with E-state index in [1.165, 1.54) is 61.7 Å². The van der Waals surface area contributed by atoms with Gasteiger partial charge in [0.1, 0.15) is 10.7 Å². The summed E-state index contributed by atoms with van der Waals surface area (Å²) in [6.07, 6.45) is 8.35. The number of nitrogens with one attached hydrogen (secondary N) is 1. The molecule has 2 heterocycles. The second kappa shape index (κ2) is 6.85. The lowest BCUT2D eigenvalue weighted by molar-refractivity contribution is 0.0813. The van der Waals surface area contributed by atoms with E-state index < -0.39 is 0 Å². The van der Waals surface area contributed by atoms with Gasteiger partial charge in [0.2, 0.25) is 0 Å². The van der Waals surface area contributed by atoms with Gasteiger partial charge >= 0.3 is 0 Å². The molecule has 1 N–H and O–H groups in total. The predicted molar refractivity (Wildman–Crippen MR) is 84.0 cm³/mol. The molecule has 1 saturated carbocycles. The SMILES string of the molecule is CCCNc1snnc1CN1CCC2CCCCC2C1. The number of fused-ring (bicyclic) bond motifs is 1. The van der Waals surface area contributed by atoms with Crippen LogP contribution in [0.3, 0.4) is 0 Å². The summed E-state index contributed by atoms with van der Waals surface area (Å²) in [4.78, 5) is 2.60. The van der Waals surface area contributed by atoms with E-state index in [-0.39, 0.29) is 0 Å². The smallest absolute Gasteiger partial charge is 0.134 e. The Balaban J connectivity index is 1.56. The molecule has 0 spiro atoms.